The fourth-order valence-corrected chi connectivity index (χ4v) is 3.16. The van der Waals surface area contributed by atoms with Crippen LogP contribution in [0.3, 0.4) is 0 Å². The molecule has 3 unspecified atom stereocenters. The number of aliphatic hydroxyl groups excluding tert-OH is 1. The second-order valence-corrected chi connectivity index (χ2v) is 5.13. The van der Waals surface area contributed by atoms with Gasteiger partial charge in [-0.15, -0.1) is 0 Å². The van der Waals surface area contributed by atoms with Crippen molar-refractivity contribution in [2.75, 3.05) is 0 Å². The molecular formula is C10H18OTi. The molecule has 0 amide bonds. The van der Waals surface area contributed by atoms with Gasteiger partial charge in [-0.05, 0) is 36.0 Å². The molecule has 2 saturated carbocycles. The van der Waals surface area contributed by atoms with Gasteiger partial charge in [0.1, 0.15) is 0 Å². The molecule has 0 spiro atoms. The van der Waals surface area contributed by atoms with Crippen LogP contribution in [0.1, 0.15) is 40.0 Å². The van der Waals surface area contributed by atoms with Gasteiger partial charge in [-0.25, -0.2) is 0 Å². The van der Waals surface area contributed by atoms with Crippen molar-refractivity contribution in [1.29, 1.82) is 0 Å². The van der Waals surface area contributed by atoms with E-state index < -0.39 is 0 Å². The zero-order valence-electron chi connectivity index (χ0n) is 8.22. The van der Waals surface area contributed by atoms with E-state index in [-0.39, 0.29) is 33.2 Å². The fourth-order valence-electron chi connectivity index (χ4n) is 3.16. The van der Waals surface area contributed by atoms with Gasteiger partial charge in [0.25, 0.3) is 0 Å². The van der Waals surface area contributed by atoms with Crippen LogP contribution in [0.15, 0.2) is 0 Å². The van der Waals surface area contributed by atoms with Crippen LogP contribution >= 0.6 is 0 Å². The summed E-state index contributed by atoms with van der Waals surface area (Å²) in [7, 11) is 0. The monoisotopic (exact) mass is 202 g/mol. The summed E-state index contributed by atoms with van der Waals surface area (Å²) in [5, 5.41) is 9.81. The molecule has 2 heteroatoms. The molecule has 0 aromatic carbocycles. The second kappa shape index (κ2) is 2.83. The summed E-state index contributed by atoms with van der Waals surface area (Å²) in [5.41, 5.74) is 0.601. The van der Waals surface area contributed by atoms with E-state index in [4.69, 9.17) is 0 Å². The second-order valence-electron chi connectivity index (χ2n) is 5.13. The Bertz CT molecular complexity index is 190. The Labute approximate surface area is 89.8 Å². The minimum absolute atomic E-state index is 0. The first-order chi connectivity index (χ1) is 4.98. The summed E-state index contributed by atoms with van der Waals surface area (Å²) in [6, 6.07) is 0. The molecule has 1 N–H and O–H groups in total. The van der Waals surface area contributed by atoms with Crippen LogP contribution in [-0.2, 0) is 21.7 Å². The van der Waals surface area contributed by atoms with Gasteiger partial charge in [0.15, 0.2) is 0 Å². The van der Waals surface area contributed by atoms with E-state index in [2.05, 4.69) is 20.8 Å². The van der Waals surface area contributed by atoms with E-state index in [1.165, 1.54) is 12.8 Å². The molecule has 2 aliphatic carbocycles. The Kier molecular flexibility index (Phi) is 2.54. The molecular weight excluding hydrogens is 184 g/mol. The number of aliphatic hydroxyl groups is 1. The molecule has 2 rings (SSSR count). The van der Waals surface area contributed by atoms with Crippen LogP contribution in [0.5, 0.6) is 0 Å². The molecule has 2 aliphatic rings. The maximum absolute atomic E-state index is 9.81. The van der Waals surface area contributed by atoms with Gasteiger partial charge in [-0.3, -0.25) is 0 Å². The standard InChI is InChI=1S/C10H18O.Ti/c1-9(2)7-4-5-10(9,3)8(11)6-7;/h7-8,11H,4-6H2,1-3H3;. The van der Waals surface area contributed by atoms with E-state index in [9.17, 15) is 5.11 Å². The molecule has 0 saturated heterocycles. The number of rotatable bonds is 0. The molecule has 0 heterocycles. The van der Waals surface area contributed by atoms with Crippen molar-refractivity contribution in [3.05, 3.63) is 0 Å². The van der Waals surface area contributed by atoms with Crippen LogP contribution < -0.4 is 0 Å². The van der Waals surface area contributed by atoms with Gasteiger partial charge in [-0.1, -0.05) is 20.8 Å². The zero-order valence-corrected chi connectivity index (χ0v) is 9.78. The maximum Gasteiger partial charge on any atom is 0.0601 e. The van der Waals surface area contributed by atoms with Gasteiger partial charge in [0.2, 0.25) is 0 Å². The average Bonchev–Trinajstić information content (AvgIpc) is 2.20. The van der Waals surface area contributed by atoms with E-state index in [0.29, 0.717) is 5.41 Å². The van der Waals surface area contributed by atoms with Crippen molar-refractivity contribution in [3.63, 3.8) is 0 Å². The first kappa shape index (κ1) is 10.8. The molecule has 0 aromatic heterocycles. The first-order valence-electron chi connectivity index (χ1n) is 4.66. The summed E-state index contributed by atoms with van der Waals surface area (Å²) < 4.78 is 0. The van der Waals surface area contributed by atoms with Gasteiger partial charge in [-0.2, -0.15) is 0 Å². The predicted octanol–water partition coefficient (Wildman–Crippen LogP) is 2.19. The molecule has 3 atom stereocenters. The Morgan fingerprint density at radius 2 is 1.83 bits per heavy atom. The molecule has 0 radical (unpaired) electrons. The SMILES string of the molecule is CC1(C)C2CCC1(C)C(O)C2.[Ti]. The minimum Gasteiger partial charge on any atom is -0.393 e. The predicted molar refractivity (Wildman–Crippen MR) is 45.2 cm³/mol. The van der Waals surface area contributed by atoms with Gasteiger partial charge in [0, 0.05) is 21.7 Å². The van der Waals surface area contributed by atoms with E-state index in [1.807, 2.05) is 0 Å². The van der Waals surface area contributed by atoms with Crippen LogP contribution in [0, 0.1) is 16.7 Å². The van der Waals surface area contributed by atoms with Crippen molar-refractivity contribution in [1.82, 2.24) is 0 Å². The molecule has 1 nitrogen and oxygen atoms in total. The third-order valence-corrected chi connectivity index (χ3v) is 4.75. The maximum atomic E-state index is 9.81. The van der Waals surface area contributed by atoms with E-state index >= 15 is 0 Å². The molecule has 68 valence electrons. The molecule has 2 fully saturated rings. The van der Waals surface area contributed by atoms with E-state index in [1.54, 1.807) is 0 Å². The first-order valence-corrected chi connectivity index (χ1v) is 4.66. The van der Waals surface area contributed by atoms with Crippen molar-refractivity contribution < 1.29 is 26.8 Å². The van der Waals surface area contributed by atoms with Crippen LogP contribution in [0.25, 0.3) is 0 Å². The molecule has 0 aromatic rings. The fraction of sp³-hybridized carbons (Fsp3) is 1.00. The Hall–Kier alpha value is 0.674. The van der Waals surface area contributed by atoms with Crippen molar-refractivity contribution in [2.45, 2.75) is 46.1 Å². The van der Waals surface area contributed by atoms with Crippen LogP contribution in [0.2, 0.25) is 0 Å². The summed E-state index contributed by atoms with van der Waals surface area (Å²) in [6.45, 7) is 6.90. The number of fused-ring (bicyclic) bond motifs is 2. The van der Waals surface area contributed by atoms with Crippen molar-refractivity contribution in [2.24, 2.45) is 16.7 Å². The Balaban J connectivity index is 0.000000720. The zero-order chi connectivity index (χ0) is 8.28. The summed E-state index contributed by atoms with van der Waals surface area (Å²) in [5.74, 6) is 0.780. The molecule has 12 heavy (non-hydrogen) atoms. The van der Waals surface area contributed by atoms with Crippen LogP contribution in [0.4, 0.5) is 0 Å². The quantitative estimate of drug-likeness (QED) is 0.597. The van der Waals surface area contributed by atoms with E-state index in [0.717, 1.165) is 12.3 Å². The van der Waals surface area contributed by atoms with Crippen molar-refractivity contribution >= 4 is 0 Å². The average molecular weight is 202 g/mol. The van der Waals surface area contributed by atoms with Gasteiger partial charge in [0.05, 0.1) is 6.10 Å². The molecule has 2 bridgehead atoms. The number of hydrogen-bond acceptors (Lipinski definition) is 1. The third-order valence-electron chi connectivity index (χ3n) is 4.75. The van der Waals surface area contributed by atoms with Crippen molar-refractivity contribution in [3.8, 4) is 0 Å². The number of hydrogen-bond donors (Lipinski definition) is 1. The summed E-state index contributed by atoms with van der Waals surface area (Å²) >= 11 is 0. The summed E-state index contributed by atoms with van der Waals surface area (Å²) in [6.07, 6.45) is 3.58. The minimum atomic E-state index is -0.0313. The van der Waals surface area contributed by atoms with Gasteiger partial charge < -0.3 is 5.11 Å². The Morgan fingerprint density at radius 1 is 1.25 bits per heavy atom. The normalized spacial score (nSPS) is 49.0. The Morgan fingerprint density at radius 3 is 2.00 bits per heavy atom. The largest absolute Gasteiger partial charge is 0.393 e. The van der Waals surface area contributed by atoms with Gasteiger partial charge >= 0.3 is 0 Å². The third kappa shape index (κ3) is 0.996. The topological polar surface area (TPSA) is 20.2 Å². The molecule has 0 aliphatic heterocycles. The summed E-state index contributed by atoms with van der Waals surface area (Å²) in [4.78, 5) is 0. The van der Waals surface area contributed by atoms with Crippen LogP contribution in [-0.4, -0.2) is 11.2 Å². The smallest absolute Gasteiger partial charge is 0.0601 e.